The van der Waals surface area contributed by atoms with Crippen LogP contribution in [0.25, 0.3) is 27.7 Å². The molecule has 1 atom stereocenters. The standard InChI is InChI=1S/C26H30N8O2/c1-32(2)14-5-8-24(35)33-15-4-7-23(33)26(36)28-12-9-18-16-20-19(10-13-27-25(20)31-18)21-17-30-34-22(21)6-3-11-29-34/h3,5-6,8,10-11,13,16-17,23H,4,7,9,12,14-15H2,1-2H3,(H,27,31)(H,28,36)/b8-5+. The van der Waals surface area contributed by atoms with E-state index < -0.39 is 6.04 Å². The Morgan fingerprint density at radius 1 is 1.22 bits per heavy atom. The maximum atomic E-state index is 12.9. The molecular formula is C26H30N8O2. The number of nitrogens with zero attached hydrogens (tertiary/aromatic N) is 6. The van der Waals surface area contributed by atoms with Crippen molar-refractivity contribution in [2.45, 2.75) is 25.3 Å². The number of likely N-dealkylation sites (N-methyl/N-ethyl adjacent to an activating group) is 1. The summed E-state index contributed by atoms with van der Waals surface area (Å²) in [6.45, 7) is 1.77. The summed E-state index contributed by atoms with van der Waals surface area (Å²) in [5.41, 5.74) is 4.70. The molecule has 0 aliphatic carbocycles. The van der Waals surface area contributed by atoms with Gasteiger partial charge in [0.2, 0.25) is 11.8 Å². The quantitative estimate of drug-likeness (QED) is 0.369. The van der Waals surface area contributed by atoms with E-state index in [4.69, 9.17) is 0 Å². The van der Waals surface area contributed by atoms with E-state index in [1.165, 1.54) is 0 Å². The molecule has 0 radical (unpaired) electrons. The van der Waals surface area contributed by atoms with Gasteiger partial charge < -0.3 is 20.1 Å². The molecule has 2 amide bonds. The molecule has 1 fully saturated rings. The van der Waals surface area contributed by atoms with Crippen LogP contribution in [0.5, 0.6) is 0 Å². The summed E-state index contributed by atoms with van der Waals surface area (Å²) >= 11 is 0. The molecule has 0 aromatic carbocycles. The maximum Gasteiger partial charge on any atom is 0.246 e. The second-order valence-corrected chi connectivity index (χ2v) is 9.27. The summed E-state index contributed by atoms with van der Waals surface area (Å²) in [4.78, 5) is 36.9. The number of hydrogen-bond donors (Lipinski definition) is 2. The summed E-state index contributed by atoms with van der Waals surface area (Å²) in [5, 5.41) is 12.6. The molecule has 0 spiro atoms. The van der Waals surface area contributed by atoms with Gasteiger partial charge in [0.25, 0.3) is 0 Å². The van der Waals surface area contributed by atoms with Gasteiger partial charge in [-0.05, 0) is 56.8 Å². The van der Waals surface area contributed by atoms with E-state index in [0.717, 1.165) is 39.8 Å². The monoisotopic (exact) mass is 486 g/mol. The van der Waals surface area contributed by atoms with E-state index in [0.29, 0.717) is 32.5 Å². The fraction of sp³-hybridized carbons (Fsp3) is 0.346. The first-order valence-electron chi connectivity index (χ1n) is 12.2. The lowest BCUT2D eigenvalue weighted by Gasteiger charge is -2.22. The van der Waals surface area contributed by atoms with Crippen molar-refractivity contribution in [3.8, 4) is 11.1 Å². The minimum Gasteiger partial charge on any atom is -0.354 e. The second kappa shape index (κ2) is 10.3. The van der Waals surface area contributed by atoms with E-state index in [1.54, 1.807) is 28.0 Å². The van der Waals surface area contributed by atoms with E-state index in [-0.39, 0.29) is 11.8 Å². The van der Waals surface area contributed by atoms with Crippen molar-refractivity contribution in [3.05, 3.63) is 60.7 Å². The third-order valence-electron chi connectivity index (χ3n) is 6.44. The fourth-order valence-electron chi connectivity index (χ4n) is 4.69. The Kier molecular flexibility index (Phi) is 6.77. The van der Waals surface area contributed by atoms with Crippen LogP contribution in [0.15, 0.2) is 55.0 Å². The predicted octanol–water partition coefficient (Wildman–Crippen LogP) is 2.04. The highest BCUT2D eigenvalue weighted by Gasteiger charge is 2.32. The molecule has 5 rings (SSSR count). The van der Waals surface area contributed by atoms with Crippen molar-refractivity contribution >= 4 is 28.4 Å². The Balaban J connectivity index is 1.24. The van der Waals surface area contributed by atoms with E-state index >= 15 is 0 Å². The van der Waals surface area contributed by atoms with Crippen LogP contribution in [0, 0.1) is 0 Å². The molecule has 1 saturated heterocycles. The Hall–Kier alpha value is -4.05. The normalized spacial score (nSPS) is 16.1. The summed E-state index contributed by atoms with van der Waals surface area (Å²) in [7, 11) is 3.89. The van der Waals surface area contributed by atoms with Gasteiger partial charge >= 0.3 is 0 Å². The van der Waals surface area contributed by atoms with Gasteiger partial charge in [-0.2, -0.15) is 14.8 Å². The number of hydrogen-bond acceptors (Lipinski definition) is 6. The van der Waals surface area contributed by atoms with Gasteiger partial charge in [-0.25, -0.2) is 4.98 Å². The third-order valence-corrected chi connectivity index (χ3v) is 6.44. The fourth-order valence-corrected chi connectivity index (χ4v) is 4.69. The number of carbonyl (C=O) groups excluding carboxylic acids is 2. The molecule has 10 nitrogen and oxygen atoms in total. The van der Waals surface area contributed by atoms with Gasteiger partial charge in [-0.3, -0.25) is 9.59 Å². The zero-order valence-electron chi connectivity index (χ0n) is 20.5. The Bertz CT molecular complexity index is 1420. The predicted molar refractivity (Wildman–Crippen MR) is 137 cm³/mol. The number of aromatic amines is 1. The minimum atomic E-state index is -0.415. The van der Waals surface area contributed by atoms with E-state index in [1.807, 2.05) is 49.5 Å². The van der Waals surface area contributed by atoms with Gasteiger partial charge in [-0.1, -0.05) is 6.08 Å². The molecule has 4 aromatic rings. The summed E-state index contributed by atoms with van der Waals surface area (Å²) in [6, 6.07) is 7.51. The van der Waals surface area contributed by atoms with Gasteiger partial charge in [0.15, 0.2) is 0 Å². The number of amides is 2. The first kappa shape index (κ1) is 23.7. The third kappa shape index (κ3) is 4.85. The SMILES string of the molecule is CN(C)C/C=C/C(=O)N1CCCC1C(=O)NCCc1cc2c(-c3cnn4ncccc34)ccnc2[nH]1. The molecule has 0 bridgehead atoms. The lowest BCUT2D eigenvalue weighted by Crippen LogP contribution is -2.45. The van der Waals surface area contributed by atoms with Gasteiger partial charge in [0.05, 0.1) is 11.7 Å². The molecule has 186 valence electrons. The molecule has 1 aliphatic rings. The molecule has 10 heteroatoms. The highest BCUT2D eigenvalue weighted by Crippen LogP contribution is 2.30. The summed E-state index contributed by atoms with van der Waals surface area (Å²) in [6.07, 6.45) is 10.8. The first-order chi connectivity index (χ1) is 17.5. The number of nitrogens with one attached hydrogen (secondary N) is 2. The second-order valence-electron chi connectivity index (χ2n) is 9.27. The molecule has 1 unspecified atom stereocenters. The molecule has 0 saturated carbocycles. The Morgan fingerprint density at radius 3 is 2.97 bits per heavy atom. The number of H-pyrrole nitrogens is 1. The van der Waals surface area contributed by atoms with Crippen molar-refractivity contribution < 1.29 is 9.59 Å². The van der Waals surface area contributed by atoms with Crippen molar-refractivity contribution in [3.63, 3.8) is 0 Å². The topological polar surface area (TPSA) is 112 Å². The average Bonchev–Trinajstić information content (AvgIpc) is 3.61. The number of carbonyl (C=O) groups is 2. The molecular weight excluding hydrogens is 456 g/mol. The van der Waals surface area contributed by atoms with Crippen LogP contribution in [0.1, 0.15) is 18.5 Å². The van der Waals surface area contributed by atoms with Crippen LogP contribution < -0.4 is 5.32 Å². The maximum absolute atomic E-state index is 12.9. The summed E-state index contributed by atoms with van der Waals surface area (Å²) < 4.78 is 1.61. The smallest absolute Gasteiger partial charge is 0.246 e. The molecule has 1 aliphatic heterocycles. The highest BCUT2D eigenvalue weighted by molar-refractivity contribution is 5.97. The van der Waals surface area contributed by atoms with Crippen LogP contribution in [0.3, 0.4) is 0 Å². The van der Waals surface area contributed by atoms with Crippen LogP contribution in [0.4, 0.5) is 0 Å². The van der Waals surface area contributed by atoms with Gasteiger partial charge in [-0.15, -0.1) is 0 Å². The van der Waals surface area contributed by atoms with Crippen molar-refractivity contribution in [2.75, 3.05) is 33.7 Å². The van der Waals surface area contributed by atoms with Crippen LogP contribution in [-0.4, -0.2) is 86.2 Å². The molecule has 5 heterocycles. The largest absolute Gasteiger partial charge is 0.354 e. The first-order valence-corrected chi connectivity index (χ1v) is 12.2. The van der Waals surface area contributed by atoms with Crippen LogP contribution in [0.2, 0.25) is 0 Å². The molecule has 36 heavy (non-hydrogen) atoms. The van der Waals surface area contributed by atoms with E-state index in [2.05, 4.69) is 31.5 Å². The van der Waals surface area contributed by atoms with Crippen LogP contribution >= 0.6 is 0 Å². The van der Waals surface area contributed by atoms with Crippen molar-refractivity contribution in [1.82, 2.24) is 39.9 Å². The Labute approximate surface area is 209 Å². The number of aromatic nitrogens is 5. The minimum absolute atomic E-state index is 0.101. The van der Waals surface area contributed by atoms with Crippen molar-refractivity contribution in [1.29, 1.82) is 0 Å². The lowest BCUT2D eigenvalue weighted by atomic mass is 10.1. The lowest BCUT2D eigenvalue weighted by molar-refractivity contribution is -0.135. The molecule has 4 aromatic heterocycles. The van der Waals surface area contributed by atoms with Gasteiger partial charge in [0, 0.05) is 61.2 Å². The average molecular weight is 487 g/mol. The number of likely N-dealkylation sites (tertiary alicyclic amines) is 1. The molecule has 2 N–H and O–H groups in total. The van der Waals surface area contributed by atoms with Gasteiger partial charge in [0.1, 0.15) is 11.7 Å². The zero-order chi connectivity index (χ0) is 25.1. The highest BCUT2D eigenvalue weighted by atomic mass is 16.2. The zero-order valence-corrected chi connectivity index (χ0v) is 20.5. The number of fused-ring (bicyclic) bond motifs is 2. The number of rotatable bonds is 8. The Morgan fingerprint density at radius 2 is 2.11 bits per heavy atom. The van der Waals surface area contributed by atoms with E-state index in [9.17, 15) is 9.59 Å². The van der Waals surface area contributed by atoms with Crippen molar-refractivity contribution in [2.24, 2.45) is 0 Å². The summed E-state index contributed by atoms with van der Waals surface area (Å²) in [5.74, 6) is -0.206. The number of pyridine rings is 1. The van der Waals surface area contributed by atoms with Crippen LogP contribution in [-0.2, 0) is 16.0 Å².